The first-order valence-electron chi connectivity index (χ1n) is 7.72. The average Bonchev–Trinajstić information content (AvgIpc) is 2.51. The van der Waals surface area contributed by atoms with Gasteiger partial charge in [0.15, 0.2) is 5.16 Å². The van der Waals surface area contributed by atoms with E-state index >= 15 is 0 Å². The third-order valence-corrected chi connectivity index (χ3v) is 4.29. The zero-order valence-corrected chi connectivity index (χ0v) is 13.4. The van der Waals surface area contributed by atoms with Gasteiger partial charge < -0.3 is 10.6 Å². The van der Waals surface area contributed by atoms with Gasteiger partial charge in [0.25, 0.3) is 0 Å². The van der Waals surface area contributed by atoms with Crippen LogP contribution in [-0.4, -0.2) is 29.3 Å². The molecular formula is C15H26N4S. The lowest BCUT2D eigenvalue weighted by atomic mass is 9.89. The summed E-state index contributed by atoms with van der Waals surface area (Å²) in [4.78, 5) is 9.03. The molecule has 1 aromatic rings. The molecule has 0 radical (unpaired) electrons. The van der Waals surface area contributed by atoms with E-state index in [0.717, 1.165) is 42.2 Å². The first kappa shape index (κ1) is 15.4. The van der Waals surface area contributed by atoms with Crippen LogP contribution in [0.3, 0.4) is 0 Å². The highest BCUT2D eigenvalue weighted by atomic mass is 32.2. The molecule has 0 atom stereocenters. The monoisotopic (exact) mass is 294 g/mol. The standard InChI is InChI=1S/C15H26N4S/c1-3-9-16-13-10-14(19-15(18-13)20-2)17-11-12-7-5-4-6-8-12/h10,12H,3-9,11H2,1-2H3,(H2,16,17,18,19). The fourth-order valence-electron chi connectivity index (χ4n) is 2.59. The highest BCUT2D eigenvalue weighted by molar-refractivity contribution is 7.98. The molecule has 4 nitrogen and oxygen atoms in total. The van der Waals surface area contributed by atoms with E-state index in [1.54, 1.807) is 11.8 Å². The Balaban J connectivity index is 1.94. The van der Waals surface area contributed by atoms with Gasteiger partial charge in [0.1, 0.15) is 11.6 Å². The Kier molecular flexibility index (Phi) is 6.43. The molecule has 0 aromatic carbocycles. The van der Waals surface area contributed by atoms with E-state index in [0.29, 0.717) is 0 Å². The van der Waals surface area contributed by atoms with E-state index in [4.69, 9.17) is 0 Å². The third-order valence-electron chi connectivity index (χ3n) is 3.74. The van der Waals surface area contributed by atoms with Crippen LogP contribution in [0.25, 0.3) is 0 Å². The van der Waals surface area contributed by atoms with Crippen molar-refractivity contribution in [2.24, 2.45) is 5.92 Å². The fraction of sp³-hybridized carbons (Fsp3) is 0.733. The highest BCUT2D eigenvalue weighted by Gasteiger charge is 2.13. The van der Waals surface area contributed by atoms with Gasteiger partial charge in [-0.2, -0.15) is 0 Å². The maximum Gasteiger partial charge on any atom is 0.191 e. The van der Waals surface area contributed by atoms with Gasteiger partial charge in [0.2, 0.25) is 0 Å². The molecule has 1 aliphatic rings. The minimum atomic E-state index is 0.809. The zero-order chi connectivity index (χ0) is 14.2. The van der Waals surface area contributed by atoms with E-state index < -0.39 is 0 Å². The van der Waals surface area contributed by atoms with Crippen LogP contribution in [0.1, 0.15) is 45.4 Å². The lowest BCUT2D eigenvalue weighted by Crippen LogP contribution is -2.18. The molecule has 0 saturated heterocycles. The van der Waals surface area contributed by atoms with E-state index in [-0.39, 0.29) is 0 Å². The van der Waals surface area contributed by atoms with Crippen LogP contribution in [0, 0.1) is 5.92 Å². The molecule has 1 saturated carbocycles. The molecule has 0 aliphatic heterocycles. The summed E-state index contributed by atoms with van der Waals surface area (Å²) in [5.41, 5.74) is 0. The van der Waals surface area contributed by atoms with E-state index in [1.807, 2.05) is 12.3 Å². The minimum absolute atomic E-state index is 0.809. The molecule has 112 valence electrons. The topological polar surface area (TPSA) is 49.8 Å². The summed E-state index contributed by atoms with van der Waals surface area (Å²) < 4.78 is 0. The van der Waals surface area contributed by atoms with Gasteiger partial charge in [-0.05, 0) is 31.4 Å². The van der Waals surface area contributed by atoms with Crippen molar-refractivity contribution >= 4 is 23.4 Å². The van der Waals surface area contributed by atoms with Gasteiger partial charge in [0, 0.05) is 19.2 Å². The number of hydrogen-bond acceptors (Lipinski definition) is 5. The molecule has 0 bridgehead atoms. The van der Waals surface area contributed by atoms with Crippen molar-refractivity contribution in [3.05, 3.63) is 6.07 Å². The maximum absolute atomic E-state index is 4.55. The third kappa shape index (κ3) is 4.85. The predicted molar refractivity (Wildman–Crippen MR) is 87.7 cm³/mol. The number of nitrogens with one attached hydrogen (secondary N) is 2. The Morgan fingerprint density at radius 1 is 1.15 bits per heavy atom. The van der Waals surface area contributed by atoms with Gasteiger partial charge in [-0.15, -0.1) is 0 Å². The summed E-state index contributed by atoms with van der Waals surface area (Å²) in [5, 5.41) is 7.68. The van der Waals surface area contributed by atoms with Crippen molar-refractivity contribution in [1.29, 1.82) is 0 Å². The Labute approximate surface area is 126 Å². The van der Waals surface area contributed by atoms with Crippen LogP contribution in [0.5, 0.6) is 0 Å². The van der Waals surface area contributed by atoms with Gasteiger partial charge in [-0.25, -0.2) is 9.97 Å². The normalized spacial score (nSPS) is 16.1. The Bertz CT molecular complexity index is 405. The van der Waals surface area contributed by atoms with Crippen molar-refractivity contribution < 1.29 is 0 Å². The van der Waals surface area contributed by atoms with E-state index in [2.05, 4.69) is 27.5 Å². The van der Waals surface area contributed by atoms with Crippen LogP contribution >= 0.6 is 11.8 Å². The number of anilines is 2. The zero-order valence-electron chi connectivity index (χ0n) is 12.6. The maximum atomic E-state index is 4.55. The van der Waals surface area contributed by atoms with Crippen LogP contribution in [0.2, 0.25) is 0 Å². The predicted octanol–water partition coefficient (Wildman–Crippen LogP) is 4.01. The fourth-order valence-corrected chi connectivity index (χ4v) is 2.97. The van der Waals surface area contributed by atoms with Gasteiger partial charge in [-0.1, -0.05) is 37.9 Å². The lowest BCUT2D eigenvalue weighted by molar-refractivity contribution is 0.373. The second kappa shape index (κ2) is 8.35. The first-order chi connectivity index (χ1) is 9.81. The Hall–Kier alpha value is -0.970. The Morgan fingerprint density at radius 2 is 1.85 bits per heavy atom. The second-order valence-corrected chi connectivity index (χ2v) is 6.21. The summed E-state index contributed by atoms with van der Waals surface area (Å²) in [6.07, 6.45) is 10.0. The molecule has 1 fully saturated rings. The number of thioether (sulfide) groups is 1. The van der Waals surface area contributed by atoms with E-state index in [1.165, 1.54) is 32.1 Å². The number of rotatable bonds is 7. The molecule has 5 heteroatoms. The molecule has 20 heavy (non-hydrogen) atoms. The lowest BCUT2D eigenvalue weighted by Gasteiger charge is -2.22. The average molecular weight is 294 g/mol. The quantitative estimate of drug-likeness (QED) is 0.588. The molecule has 1 aliphatic carbocycles. The summed E-state index contributed by atoms with van der Waals surface area (Å²) in [6, 6.07) is 2.03. The summed E-state index contributed by atoms with van der Waals surface area (Å²) in [7, 11) is 0. The number of aromatic nitrogens is 2. The number of nitrogens with zero attached hydrogens (tertiary/aromatic N) is 2. The van der Waals surface area contributed by atoms with Crippen LogP contribution in [0.4, 0.5) is 11.6 Å². The molecule has 1 aromatic heterocycles. The first-order valence-corrected chi connectivity index (χ1v) is 8.95. The van der Waals surface area contributed by atoms with Crippen molar-refractivity contribution in [3.8, 4) is 0 Å². The van der Waals surface area contributed by atoms with E-state index in [9.17, 15) is 0 Å². The van der Waals surface area contributed by atoms with Crippen LogP contribution < -0.4 is 10.6 Å². The minimum Gasteiger partial charge on any atom is -0.370 e. The van der Waals surface area contributed by atoms with Crippen molar-refractivity contribution in [2.75, 3.05) is 30.0 Å². The van der Waals surface area contributed by atoms with Gasteiger partial charge in [-0.3, -0.25) is 0 Å². The molecule has 0 unspecified atom stereocenters. The Morgan fingerprint density at radius 3 is 2.50 bits per heavy atom. The molecule has 2 rings (SSSR count). The number of hydrogen-bond donors (Lipinski definition) is 2. The SMILES string of the molecule is CCCNc1cc(NCC2CCCCC2)nc(SC)n1. The second-order valence-electron chi connectivity index (χ2n) is 5.44. The molecule has 0 amide bonds. The van der Waals surface area contributed by atoms with Crippen molar-refractivity contribution in [2.45, 2.75) is 50.6 Å². The molecule has 0 spiro atoms. The largest absolute Gasteiger partial charge is 0.370 e. The van der Waals surface area contributed by atoms with Gasteiger partial charge in [0.05, 0.1) is 0 Å². The molecule has 2 N–H and O–H groups in total. The molecular weight excluding hydrogens is 268 g/mol. The van der Waals surface area contributed by atoms with Gasteiger partial charge >= 0.3 is 0 Å². The summed E-state index contributed by atoms with van der Waals surface area (Å²) >= 11 is 1.59. The summed E-state index contributed by atoms with van der Waals surface area (Å²) in [6.45, 7) is 4.15. The highest BCUT2D eigenvalue weighted by Crippen LogP contribution is 2.24. The van der Waals surface area contributed by atoms with Crippen molar-refractivity contribution in [1.82, 2.24) is 9.97 Å². The smallest absolute Gasteiger partial charge is 0.191 e. The van der Waals surface area contributed by atoms with Crippen molar-refractivity contribution in [3.63, 3.8) is 0 Å². The summed E-state index contributed by atoms with van der Waals surface area (Å²) in [5.74, 6) is 2.69. The van der Waals surface area contributed by atoms with Crippen LogP contribution in [-0.2, 0) is 0 Å². The van der Waals surface area contributed by atoms with Crippen LogP contribution in [0.15, 0.2) is 11.2 Å². The molecule has 1 heterocycles.